The van der Waals surface area contributed by atoms with E-state index in [1.807, 2.05) is 32.9 Å². The molecule has 1 aliphatic rings. The predicted molar refractivity (Wildman–Crippen MR) is 87.1 cm³/mol. The first-order valence-corrected chi connectivity index (χ1v) is 7.62. The third-order valence-electron chi connectivity index (χ3n) is 3.67. The molecule has 0 spiro atoms. The molecule has 0 bridgehead atoms. The maximum absolute atomic E-state index is 12.6. The number of ketones is 1. The summed E-state index contributed by atoms with van der Waals surface area (Å²) in [5.41, 5.74) is 2.13. The summed E-state index contributed by atoms with van der Waals surface area (Å²) in [6.07, 6.45) is 3.72. The maximum Gasteiger partial charge on any atom is 0.286 e. The van der Waals surface area contributed by atoms with Crippen LogP contribution in [0.1, 0.15) is 42.5 Å². The van der Waals surface area contributed by atoms with Crippen LogP contribution in [0.15, 0.2) is 35.4 Å². The molecule has 0 amide bonds. The second-order valence-electron chi connectivity index (χ2n) is 4.84. The highest BCUT2D eigenvalue weighted by Gasteiger charge is 2.30. The Morgan fingerprint density at radius 1 is 1.09 bits per heavy atom. The van der Waals surface area contributed by atoms with Gasteiger partial charge in [0.2, 0.25) is 5.78 Å². The number of aromatic nitrogens is 4. The third-order valence-corrected chi connectivity index (χ3v) is 3.67. The molecule has 3 heterocycles. The minimum atomic E-state index is -0.362. The van der Waals surface area contributed by atoms with Gasteiger partial charge in [-0.15, -0.1) is 0 Å². The van der Waals surface area contributed by atoms with Crippen LogP contribution in [0.3, 0.4) is 0 Å². The van der Waals surface area contributed by atoms with E-state index in [4.69, 9.17) is 0 Å². The van der Waals surface area contributed by atoms with E-state index in [0.717, 1.165) is 12.0 Å². The molecule has 0 saturated carbocycles. The molecular weight excluding hydrogens is 292 g/mol. The van der Waals surface area contributed by atoms with Gasteiger partial charge < -0.3 is 0 Å². The zero-order chi connectivity index (χ0) is 16.6. The van der Waals surface area contributed by atoms with Gasteiger partial charge >= 0.3 is 0 Å². The molecule has 0 fully saturated rings. The van der Waals surface area contributed by atoms with Gasteiger partial charge in [-0.05, 0) is 24.1 Å². The van der Waals surface area contributed by atoms with Gasteiger partial charge in [0, 0.05) is 12.4 Å². The first kappa shape index (κ1) is 15.0. The van der Waals surface area contributed by atoms with Crippen LogP contribution in [-0.4, -0.2) is 25.3 Å². The quantitative estimate of drug-likeness (QED) is 0.539. The molecule has 0 unspecified atom stereocenters. The van der Waals surface area contributed by atoms with Gasteiger partial charge in [0.25, 0.3) is 5.56 Å². The summed E-state index contributed by atoms with van der Waals surface area (Å²) in [4.78, 5) is 37.3. The van der Waals surface area contributed by atoms with Crippen molar-refractivity contribution in [2.45, 2.75) is 27.2 Å². The monoisotopic (exact) mass is 308 g/mol. The number of carbonyl (C=O) groups is 1. The summed E-state index contributed by atoms with van der Waals surface area (Å²) >= 11 is 0. The maximum atomic E-state index is 12.6. The van der Waals surface area contributed by atoms with Gasteiger partial charge in [-0.25, -0.2) is 15.0 Å². The Bertz CT molecular complexity index is 976. The average Bonchev–Trinajstić information content (AvgIpc) is 2.89. The molecular formula is C17H16N4O2. The Balaban J connectivity index is 0.000000753. The van der Waals surface area contributed by atoms with Gasteiger partial charge in [-0.1, -0.05) is 26.8 Å². The van der Waals surface area contributed by atoms with E-state index in [1.54, 1.807) is 6.07 Å². The normalized spacial score (nSPS) is 11.7. The third kappa shape index (κ3) is 2.14. The van der Waals surface area contributed by atoms with E-state index < -0.39 is 0 Å². The average molecular weight is 308 g/mol. The van der Waals surface area contributed by atoms with Crippen LogP contribution in [0.2, 0.25) is 0 Å². The van der Waals surface area contributed by atoms with E-state index in [9.17, 15) is 9.59 Å². The Kier molecular flexibility index (Phi) is 3.73. The minimum absolute atomic E-state index is 0.108. The second-order valence-corrected chi connectivity index (χ2v) is 4.84. The second kappa shape index (κ2) is 5.72. The van der Waals surface area contributed by atoms with Crippen LogP contribution < -0.4 is 5.56 Å². The first-order valence-electron chi connectivity index (χ1n) is 7.62. The highest BCUT2D eigenvalue weighted by Crippen LogP contribution is 2.26. The SMILES string of the molecule is CC.CCc1ccc2c(c1)C(=O)c1nc3nccnc3c(=O)n1-2. The molecule has 116 valence electrons. The fourth-order valence-corrected chi connectivity index (χ4v) is 2.59. The highest BCUT2D eigenvalue weighted by atomic mass is 16.1. The van der Waals surface area contributed by atoms with E-state index in [0.29, 0.717) is 11.3 Å². The molecule has 1 aliphatic heterocycles. The lowest BCUT2D eigenvalue weighted by molar-refractivity contribution is 0.103. The summed E-state index contributed by atoms with van der Waals surface area (Å²) < 4.78 is 1.33. The van der Waals surface area contributed by atoms with Crippen molar-refractivity contribution in [3.63, 3.8) is 0 Å². The van der Waals surface area contributed by atoms with Crippen molar-refractivity contribution < 1.29 is 4.79 Å². The topological polar surface area (TPSA) is 77.7 Å². The Labute approximate surface area is 132 Å². The zero-order valence-corrected chi connectivity index (χ0v) is 13.2. The van der Waals surface area contributed by atoms with E-state index in [-0.39, 0.29) is 28.3 Å². The van der Waals surface area contributed by atoms with Crippen LogP contribution >= 0.6 is 0 Å². The van der Waals surface area contributed by atoms with Crippen LogP contribution in [0.4, 0.5) is 0 Å². The van der Waals surface area contributed by atoms with Crippen LogP contribution in [0.5, 0.6) is 0 Å². The van der Waals surface area contributed by atoms with Crippen molar-refractivity contribution in [2.75, 3.05) is 0 Å². The molecule has 0 N–H and O–H groups in total. The smallest absolute Gasteiger partial charge is 0.285 e. The fraction of sp³-hybridized carbons (Fsp3) is 0.235. The molecule has 2 aromatic heterocycles. The van der Waals surface area contributed by atoms with Crippen molar-refractivity contribution in [1.82, 2.24) is 19.5 Å². The van der Waals surface area contributed by atoms with Crippen molar-refractivity contribution in [1.29, 1.82) is 0 Å². The molecule has 4 rings (SSSR count). The summed E-state index contributed by atoms with van der Waals surface area (Å²) in [5.74, 6) is -0.138. The van der Waals surface area contributed by atoms with Gasteiger partial charge in [-0.3, -0.25) is 14.2 Å². The number of hydrogen-bond acceptors (Lipinski definition) is 5. The van der Waals surface area contributed by atoms with E-state index in [2.05, 4.69) is 15.0 Å². The Hall–Kier alpha value is -2.89. The Morgan fingerprint density at radius 2 is 1.83 bits per heavy atom. The molecule has 0 aliphatic carbocycles. The summed E-state index contributed by atoms with van der Waals surface area (Å²) in [6.45, 7) is 6.01. The van der Waals surface area contributed by atoms with Crippen LogP contribution in [-0.2, 0) is 6.42 Å². The molecule has 0 radical (unpaired) electrons. The first-order chi connectivity index (χ1) is 11.2. The molecule has 0 atom stereocenters. The summed E-state index contributed by atoms with van der Waals surface area (Å²) in [6, 6.07) is 5.51. The van der Waals surface area contributed by atoms with Gasteiger partial charge in [0.15, 0.2) is 17.0 Å². The largest absolute Gasteiger partial charge is 0.286 e. The number of rotatable bonds is 1. The standard InChI is InChI=1S/C15H10N4O2.C2H6/c1-2-8-3-4-10-9(7-8)12(20)14-18-13-11(15(21)19(10)14)16-5-6-17-13;1-2/h3-7H,2H2,1H3;1-2H3. The Morgan fingerprint density at radius 3 is 2.57 bits per heavy atom. The number of hydrogen-bond donors (Lipinski definition) is 0. The van der Waals surface area contributed by atoms with Crippen molar-refractivity contribution >= 4 is 16.9 Å². The van der Waals surface area contributed by atoms with Gasteiger partial charge in [0.1, 0.15) is 0 Å². The van der Waals surface area contributed by atoms with Crippen LogP contribution in [0, 0.1) is 0 Å². The van der Waals surface area contributed by atoms with Gasteiger partial charge in [0.05, 0.1) is 11.3 Å². The number of nitrogens with zero attached hydrogens (tertiary/aromatic N) is 4. The minimum Gasteiger partial charge on any atom is -0.285 e. The van der Waals surface area contributed by atoms with Gasteiger partial charge in [-0.2, -0.15) is 0 Å². The lowest BCUT2D eigenvalue weighted by atomic mass is 10.1. The summed E-state index contributed by atoms with van der Waals surface area (Å²) in [5, 5.41) is 0. The molecule has 6 nitrogen and oxygen atoms in total. The number of benzene rings is 1. The van der Waals surface area contributed by atoms with Crippen molar-refractivity contribution in [2.24, 2.45) is 0 Å². The molecule has 3 aromatic rings. The van der Waals surface area contributed by atoms with E-state index >= 15 is 0 Å². The van der Waals surface area contributed by atoms with Crippen molar-refractivity contribution in [3.05, 3.63) is 57.9 Å². The number of carbonyl (C=O) groups excluding carboxylic acids is 1. The lowest BCUT2D eigenvalue weighted by Gasteiger charge is -2.04. The summed E-state index contributed by atoms with van der Waals surface area (Å²) in [7, 11) is 0. The lowest BCUT2D eigenvalue weighted by Crippen LogP contribution is -2.22. The number of fused-ring (bicyclic) bond motifs is 4. The molecule has 23 heavy (non-hydrogen) atoms. The van der Waals surface area contributed by atoms with Crippen molar-refractivity contribution in [3.8, 4) is 5.69 Å². The van der Waals surface area contributed by atoms with E-state index in [1.165, 1.54) is 17.0 Å². The molecule has 6 heteroatoms. The number of aryl methyl sites for hydroxylation is 1. The highest BCUT2D eigenvalue weighted by molar-refractivity contribution is 6.13. The van der Waals surface area contributed by atoms with Crippen LogP contribution in [0.25, 0.3) is 16.9 Å². The zero-order valence-electron chi connectivity index (χ0n) is 13.2. The molecule has 0 saturated heterocycles. The molecule has 1 aromatic carbocycles. The predicted octanol–water partition coefficient (Wildman–Crippen LogP) is 2.31. The fourth-order valence-electron chi connectivity index (χ4n) is 2.59.